The number of piperidine rings is 1. The van der Waals surface area contributed by atoms with Crippen LogP contribution in [-0.4, -0.2) is 63.8 Å². The molecule has 0 aliphatic carbocycles. The van der Waals surface area contributed by atoms with Crippen LogP contribution < -0.4 is 0 Å². The first kappa shape index (κ1) is 17.3. The lowest BCUT2D eigenvalue weighted by molar-refractivity contribution is -0.141. The van der Waals surface area contributed by atoms with Crippen molar-refractivity contribution in [1.82, 2.24) is 9.80 Å². The standard InChI is InChI=1S/C17H22F2N2O3/c18-12-4-3-11(15(19)6-12)8-20-5-1-2-16(17(20)24)21-9-14(23)7-13(21)10-22/h3-4,6,13-14,16,22-23H,1-2,5,7-10H2/t13-,14-,16+/m0/s1. The van der Waals surface area contributed by atoms with Crippen LogP contribution >= 0.6 is 0 Å². The Hall–Kier alpha value is -1.57. The molecular formula is C17H22F2N2O3. The Morgan fingerprint density at radius 1 is 1.29 bits per heavy atom. The van der Waals surface area contributed by atoms with Gasteiger partial charge >= 0.3 is 0 Å². The Labute approximate surface area is 139 Å². The minimum Gasteiger partial charge on any atom is -0.395 e. The van der Waals surface area contributed by atoms with Gasteiger partial charge in [0.25, 0.3) is 0 Å². The van der Waals surface area contributed by atoms with E-state index >= 15 is 0 Å². The molecule has 2 aliphatic heterocycles. The molecule has 0 aromatic heterocycles. The van der Waals surface area contributed by atoms with Crippen molar-refractivity contribution < 1.29 is 23.8 Å². The van der Waals surface area contributed by atoms with Gasteiger partial charge in [0.15, 0.2) is 0 Å². The zero-order chi connectivity index (χ0) is 17.3. The molecule has 7 heteroatoms. The molecule has 2 saturated heterocycles. The van der Waals surface area contributed by atoms with Gasteiger partial charge in [-0.3, -0.25) is 9.69 Å². The van der Waals surface area contributed by atoms with Gasteiger partial charge in [0.2, 0.25) is 5.91 Å². The smallest absolute Gasteiger partial charge is 0.240 e. The van der Waals surface area contributed by atoms with Gasteiger partial charge < -0.3 is 15.1 Å². The van der Waals surface area contributed by atoms with E-state index in [1.165, 1.54) is 12.1 Å². The summed E-state index contributed by atoms with van der Waals surface area (Å²) in [6, 6.07) is 2.73. The van der Waals surface area contributed by atoms with Crippen molar-refractivity contribution in [3.8, 4) is 0 Å². The first-order chi connectivity index (χ1) is 11.5. The normalized spacial score (nSPS) is 28.6. The predicted octanol–water partition coefficient (Wildman–Crippen LogP) is 0.883. The summed E-state index contributed by atoms with van der Waals surface area (Å²) in [5.41, 5.74) is 0.283. The van der Waals surface area contributed by atoms with Gasteiger partial charge in [-0.15, -0.1) is 0 Å². The third-order valence-electron chi connectivity index (χ3n) is 4.92. The van der Waals surface area contributed by atoms with Crippen molar-refractivity contribution >= 4 is 5.91 Å². The van der Waals surface area contributed by atoms with E-state index in [2.05, 4.69) is 0 Å². The van der Waals surface area contributed by atoms with Crippen LogP contribution in [0.4, 0.5) is 8.78 Å². The fourth-order valence-electron chi connectivity index (χ4n) is 3.72. The van der Waals surface area contributed by atoms with Gasteiger partial charge in [0.1, 0.15) is 11.6 Å². The van der Waals surface area contributed by atoms with Crippen molar-refractivity contribution in [2.75, 3.05) is 19.7 Å². The van der Waals surface area contributed by atoms with E-state index in [-0.39, 0.29) is 30.7 Å². The lowest BCUT2D eigenvalue weighted by Gasteiger charge is -2.39. The predicted molar refractivity (Wildman–Crippen MR) is 83.0 cm³/mol. The van der Waals surface area contributed by atoms with Crippen LogP contribution in [0.25, 0.3) is 0 Å². The monoisotopic (exact) mass is 340 g/mol. The molecule has 0 spiro atoms. The Morgan fingerprint density at radius 3 is 2.79 bits per heavy atom. The van der Waals surface area contributed by atoms with Gasteiger partial charge in [-0.05, 0) is 25.3 Å². The maximum atomic E-state index is 13.8. The number of nitrogens with zero attached hydrogens (tertiary/aromatic N) is 2. The minimum atomic E-state index is -0.658. The van der Waals surface area contributed by atoms with Crippen LogP contribution in [0.5, 0.6) is 0 Å². The zero-order valence-corrected chi connectivity index (χ0v) is 13.4. The Balaban J connectivity index is 1.73. The lowest BCUT2D eigenvalue weighted by Crippen LogP contribution is -2.54. The number of aliphatic hydroxyl groups excluding tert-OH is 2. The molecule has 3 rings (SSSR count). The van der Waals surface area contributed by atoms with E-state index in [1.807, 2.05) is 4.90 Å². The largest absolute Gasteiger partial charge is 0.395 e. The number of halogens is 2. The van der Waals surface area contributed by atoms with Gasteiger partial charge in [-0.1, -0.05) is 6.07 Å². The second kappa shape index (κ2) is 7.13. The summed E-state index contributed by atoms with van der Waals surface area (Å²) in [5.74, 6) is -1.43. The number of aliphatic hydroxyl groups is 2. The van der Waals surface area contributed by atoms with Gasteiger partial charge in [0.05, 0.1) is 18.8 Å². The summed E-state index contributed by atoms with van der Waals surface area (Å²) in [6.07, 6.45) is 1.33. The molecule has 2 heterocycles. The highest BCUT2D eigenvalue weighted by atomic mass is 19.1. The fraction of sp³-hybridized carbons (Fsp3) is 0.588. The van der Waals surface area contributed by atoms with Crippen LogP contribution in [0.15, 0.2) is 18.2 Å². The molecule has 2 aliphatic rings. The van der Waals surface area contributed by atoms with Gasteiger partial charge in [-0.2, -0.15) is 0 Å². The minimum absolute atomic E-state index is 0.0988. The molecule has 1 amide bonds. The van der Waals surface area contributed by atoms with Crippen LogP contribution in [0.2, 0.25) is 0 Å². The number of hydrogen-bond acceptors (Lipinski definition) is 4. The Kier molecular flexibility index (Phi) is 5.12. The average Bonchev–Trinajstić information content (AvgIpc) is 2.92. The summed E-state index contributed by atoms with van der Waals surface area (Å²) in [7, 11) is 0. The third kappa shape index (κ3) is 3.43. The molecule has 1 aromatic rings. The molecule has 3 atom stereocenters. The molecule has 0 radical (unpaired) electrons. The molecule has 5 nitrogen and oxygen atoms in total. The van der Waals surface area contributed by atoms with Gasteiger partial charge in [-0.25, -0.2) is 8.78 Å². The first-order valence-corrected chi connectivity index (χ1v) is 8.27. The molecule has 0 bridgehead atoms. The molecule has 2 fully saturated rings. The molecular weight excluding hydrogens is 318 g/mol. The second-order valence-electron chi connectivity index (χ2n) is 6.58. The maximum Gasteiger partial charge on any atom is 0.240 e. The van der Waals surface area contributed by atoms with Crippen molar-refractivity contribution in [2.24, 2.45) is 0 Å². The zero-order valence-electron chi connectivity index (χ0n) is 13.4. The highest BCUT2D eigenvalue weighted by molar-refractivity contribution is 5.82. The molecule has 0 saturated carbocycles. The van der Waals surface area contributed by atoms with Crippen LogP contribution in [-0.2, 0) is 11.3 Å². The Bertz CT molecular complexity index is 613. The molecule has 0 unspecified atom stereocenters. The maximum absolute atomic E-state index is 13.8. The third-order valence-corrected chi connectivity index (χ3v) is 4.92. The number of β-amino-alcohol motifs (C(OH)–C–C–N with tert-alkyl or cyclic N) is 1. The molecule has 132 valence electrons. The number of hydrogen-bond donors (Lipinski definition) is 2. The second-order valence-corrected chi connectivity index (χ2v) is 6.58. The topological polar surface area (TPSA) is 64.0 Å². The average molecular weight is 340 g/mol. The SMILES string of the molecule is O=C1[C@H](N2C[C@@H](O)C[C@H]2CO)CCCN1Cc1ccc(F)cc1F. The van der Waals surface area contributed by atoms with Crippen molar-refractivity contribution in [3.05, 3.63) is 35.4 Å². The highest BCUT2D eigenvalue weighted by Gasteiger charge is 2.41. The first-order valence-electron chi connectivity index (χ1n) is 8.27. The number of benzene rings is 1. The number of amides is 1. The summed E-state index contributed by atoms with van der Waals surface area (Å²) >= 11 is 0. The fourth-order valence-corrected chi connectivity index (χ4v) is 3.72. The highest BCUT2D eigenvalue weighted by Crippen LogP contribution is 2.27. The van der Waals surface area contributed by atoms with Crippen LogP contribution in [0.1, 0.15) is 24.8 Å². The van der Waals surface area contributed by atoms with E-state index < -0.39 is 23.8 Å². The summed E-state index contributed by atoms with van der Waals surface area (Å²) in [6.45, 7) is 0.877. The van der Waals surface area contributed by atoms with Gasteiger partial charge in [0, 0.05) is 37.3 Å². The molecule has 2 N–H and O–H groups in total. The van der Waals surface area contributed by atoms with Crippen molar-refractivity contribution in [2.45, 2.75) is 44.0 Å². The van der Waals surface area contributed by atoms with Crippen LogP contribution in [0, 0.1) is 11.6 Å². The van der Waals surface area contributed by atoms with E-state index in [9.17, 15) is 23.8 Å². The molecule has 24 heavy (non-hydrogen) atoms. The van der Waals surface area contributed by atoms with E-state index in [0.29, 0.717) is 25.9 Å². The van der Waals surface area contributed by atoms with Crippen molar-refractivity contribution in [1.29, 1.82) is 0 Å². The number of carbonyl (C=O) groups excluding carboxylic acids is 1. The molecule has 1 aromatic carbocycles. The van der Waals surface area contributed by atoms with E-state index in [4.69, 9.17) is 0 Å². The number of likely N-dealkylation sites (tertiary alicyclic amines) is 2. The van der Waals surface area contributed by atoms with E-state index in [1.54, 1.807) is 4.90 Å². The number of rotatable bonds is 4. The van der Waals surface area contributed by atoms with Crippen molar-refractivity contribution in [3.63, 3.8) is 0 Å². The summed E-state index contributed by atoms with van der Waals surface area (Å²) in [4.78, 5) is 16.2. The summed E-state index contributed by atoms with van der Waals surface area (Å²) < 4.78 is 26.9. The lowest BCUT2D eigenvalue weighted by atomic mass is 10.0. The summed E-state index contributed by atoms with van der Waals surface area (Å²) in [5, 5.41) is 19.3. The van der Waals surface area contributed by atoms with E-state index in [0.717, 1.165) is 12.5 Å². The quantitative estimate of drug-likeness (QED) is 0.854. The Morgan fingerprint density at radius 2 is 2.08 bits per heavy atom. The van der Waals surface area contributed by atoms with Crippen LogP contribution in [0.3, 0.4) is 0 Å². The number of carbonyl (C=O) groups is 1.